The minimum absolute atomic E-state index is 2.47. The van der Waals surface area contributed by atoms with E-state index in [1.54, 1.807) is 0 Å². The zero-order valence-electron chi connectivity index (χ0n) is 7.10. The SMILES string of the molecule is FC(F)(F)C1(F)OOC(F)(C(F)(F)F)C1(F)Cl. The van der Waals surface area contributed by atoms with Gasteiger partial charge in [0.05, 0.1) is 0 Å². The third kappa shape index (κ3) is 1.58. The van der Waals surface area contributed by atoms with Crippen LogP contribution in [0.5, 0.6) is 0 Å². The molecule has 1 saturated heterocycles. The van der Waals surface area contributed by atoms with Gasteiger partial charge in [-0.3, -0.25) is 0 Å². The van der Waals surface area contributed by atoms with Crippen LogP contribution in [0.15, 0.2) is 0 Å². The topological polar surface area (TPSA) is 18.5 Å². The quantitative estimate of drug-likeness (QED) is 0.388. The largest absolute Gasteiger partial charge is 0.456 e. The van der Waals surface area contributed by atoms with Gasteiger partial charge >= 0.3 is 29.2 Å². The molecule has 0 N–H and O–H groups in total. The van der Waals surface area contributed by atoms with Crippen LogP contribution in [-0.2, 0) is 9.78 Å². The summed E-state index contributed by atoms with van der Waals surface area (Å²) in [6, 6.07) is 0. The number of alkyl halides is 10. The van der Waals surface area contributed by atoms with E-state index in [4.69, 9.17) is 0 Å². The second-order valence-electron chi connectivity index (χ2n) is 2.93. The van der Waals surface area contributed by atoms with Crippen LogP contribution in [0.4, 0.5) is 39.5 Å². The Morgan fingerprint density at radius 2 is 0.941 bits per heavy atom. The zero-order valence-corrected chi connectivity index (χ0v) is 7.85. The summed E-state index contributed by atoms with van der Waals surface area (Å²) < 4.78 is 110. The summed E-state index contributed by atoms with van der Waals surface area (Å²) >= 11 is 4.04. The Hall–Kier alpha value is -0.420. The molecule has 1 rings (SSSR count). The van der Waals surface area contributed by atoms with Gasteiger partial charge < -0.3 is 0 Å². The smallest absolute Gasteiger partial charge is 0.212 e. The highest BCUT2D eigenvalue weighted by molar-refractivity contribution is 6.24. The maximum absolute atomic E-state index is 13.0. The van der Waals surface area contributed by atoms with E-state index in [1.807, 2.05) is 0 Å². The molecule has 0 aliphatic carbocycles. The van der Waals surface area contributed by atoms with Crippen LogP contribution in [0.2, 0.25) is 0 Å². The maximum atomic E-state index is 13.0. The fourth-order valence-electron chi connectivity index (χ4n) is 0.877. The van der Waals surface area contributed by atoms with E-state index < -0.39 is 29.2 Å². The van der Waals surface area contributed by atoms with E-state index >= 15 is 0 Å². The lowest BCUT2D eigenvalue weighted by molar-refractivity contribution is -0.470. The van der Waals surface area contributed by atoms with Gasteiger partial charge in [0, 0.05) is 0 Å². The monoisotopic (exact) mass is 298 g/mol. The predicted octanol–water partition coefficient (Wildman–Crippen LogP) is 3.31. The summed E-state index contributed by atoms with van der Waals surface area (Å²) in [5.41, 5.74) is 0. The summed E-state index contributed by atoms with van der Waals surface area (Å²) in [6.45, 7) is 0. The summed E-state index contributed by atoms with van der Waals surface area (Å²) in [6.07, 6.45) is -12.8. The highest BCUT2D eigenvalue weighted by atomic mass is 35.5. The van der Waals surface area contributed by atoms with E-state index in [2.05, 4.69) is 21.4 Å². The summed E-state index contributed by atoms with van der Waals surface area (Å²) in [4.78, 5) is 4.94. The Kier molecular flexibility index (Phi) is 2.86. The third-order valence-corrected chi connectivity index (χ3v) is 2.29. The van der Waals surface area contributed by atoms with Gasteiger partial charge in [-0.15, -0.1) is 0 Å². The molecule has 0 spiro atoms. The molecule has 0 aromatic heterocycles. The van der Waals surface area contributed by atoms with E-state index in [-0.39, 0.29) is 0 Å². The van der Waals surface area contributed by atoms with Crippen LogP contribution in [0.1, 0.15) is 0 Å². The molecule has 0 amide bonds. The van der Waals surface area contributed by atoms with Crippen LogP contribution in [0, 0.1) is 0 Å². The number of hydrogen-bond donors (Lipinski definition) is 0. The lowest BCUT2D eigenvalue weighted by atomic mass is 10.0. The second kappa shape index (κ2) is 3.32. The molecule has 1 fully saturated rings. The third-order valence-electron chi connectivity index (χ3n) is 1.81. The van der Waals surface area contributed by atoms with Gasteiger partial charge in [0.25, 0.3) is 0 Å². The van der Waals surface area contributed by atoms with E-state index in [9.17, 15) is 39.5 Å². The molecule has 2 nitrogen and oxygen atoms in total. The molecule has 0 aromatic rings. The van der Waals surface area contributed by atoms with Crippen molar-refractivity contribution in [1.82, 2.24) is 0 Å². The molecule has 1 aliphatic heterocycles. The first-order valence-corrected chi connectivity index (χ1v) is 3.84. The van der Waals surface area contributed by atoms with E-state index in [1.165, 1.54) is 0 Å². The predicted molar refractivity (Wildman–Crippen MR) is 31.6 cm³/mol. The Labute approximate surface area is 91.1 Å². The van der Waals surface area contributed by atoms with Gasteiger partial charge in [-0.2, -0.15) is 44.9 Å². The van der Waals surface area contributed by atoms with Crippen molar-refractivity contribution in [2.45, 2.75) is 29.2 Å². The fourth-order valence-corrected chi connectivity index (χ4v) is 1.15. The Bertz CT molecular complexity index is 294. The van der Waals surface area contributed by atoms with Crippen molar-refractivity contribution in [1.29, 1.82) is 0 Å². The second-order valence-corrected chi connectivity index (χ2v) is 3.45. The van der Waals surface area contributed by atoms with Crippen molar-refractivity contribution in [2.24, 2.45) is 0 Å². The minimum Gasteiger partial charge on any atom is -0.212 e. The van der Waals surface area contributed by atoms with Crippen molar-refractivity contribution in [3.8, 4) is 0 Å². The number of hydrogen-bond acceptors (Lipinski definition) is 2. The molecule has 12 heteroatoms. The summed E-state index contributed by atoms with van der Waals surface area (Å²) in [7, 11) is 0. The molecule has 0 bridgehead atoms. The summed E-state index contributed by atoms with van der Waals surface area (Å²) in [5, 5.41) is -5.68. The number of rotatable bonds is 0. The molecule has 1 heterocycles. The zero-order chi connectivity index (χ0) is 13.9. The molecular formula is C5ClF9O2. The van der Waals surface area contributed by atoms with Gasteiger partial charge in [-0.25, -0.2) is 4.39 Å². The maximum Gasteiger partial charge on any atom is 0.456 e. The minimum atomic E-state index is -6.39. The van der Waals surface area contributed by atoms with Crippen molar-refractivity contribution in [2.75, 3.05) is 0 Å². The molecule has 17 heavy (non-hydrogen) atoms. The average Bonchev–Trinajstić information content (AvgIpc) is 2.25. The molecule has 102 valence electrons. The molecule has 0 saturated carbocycles. The van der Waals surface area contributed by atoms with Crippen LogP contribution in [-0.4, -0.2) is 29.2 Å². The number of halogens is 10. The standard InChI is InChI=1S/C5ClF9O2/c6-1(7)2(8,4(10,11)12)16-17-3(1,9)5(13,14)15. The molecule has 2 atom stereocenters. The highest BCUT2D eigenvalue weighted by Crippen LogP contribution is 2.63. The van der Waals surface area contributed by atoms with Gasteiger partial charge in [0.2, 0.25) is 0 Å². The van der Waals surface area contributed by atoms with Crippen molar-refractivity contribution in [3.63, 3.8) is 0 Å². The molecular weight excluding hydrogens is 298 g/mol. The fraction of sp³-hybridized carbons (Fsp3) is 1.00. The van der Waals surface area contributed by atoms with Gasteiger partial charge in [-0.1, -0.05) is 11.6 Å². The average molecular weight is 298 g/mol. The van der Waals surface area contributed by atoms with Gasteiger partial charge in [0.1, 0.15) is 0 Å². The first-order valence-electron chi connectivity index (χ1n) is 3.46. The Morgan fingerprint density at radius 1 is 0.706 bits per heavy atom. The van der Waals surface area contributed by atoms with Crippen LogP contribution < -0.4 is 0 Å². The van der Waals surface area contributed by atoms with Crippen LogP contribution in [0.25, 0.3) is 0 Å². The van der Waals surface area contributed by atoms with E-state index in [0.29, 0.717) is 0 Å². The molecule has 0 radical (unpaired) electrons. The molecule has 1 aliphatic rings. The van der Waals surface area contributed by atoms with Gasteiger partial charge in [-0.05, 0) is 0 Å². The lowest BCUT2D eigenvalue weighted by Gasteiger charge is -2.31. The van der Waals surface area contributed by atoms with Crippen molar-refractivity contribution in [3.05, 3.63) is 0 Å². The van der Waals surface area contributed by atoms with Crippen molar-refractivity contribution >= 4 is 11.6 Å². The molecule has 0 aromatic carbocycles. The van der Waals surface area contributed by atoms with Gasteiger partial charge in [0.15, 0.2) is 0 Å². The molecule has 2 unspecified atom stereocenters. The highest BCUT2D eigenvalue weighted by Gasteiger charge is 2.92. The lowest BCUT2D eigenvalue weighted by Crippen LogP contribution is -2.63. The van der Waals surface area contributed by atoms with E-state index in [0.717, 1.165) is 0 Å². The first-order chi connectivity index (χ1) is 7.21. The first kappa shape index (κ1) is 14.6. The van der Waals surface area contributed by atoms with Crippen LogP contribution in [0.3, 0.4) is 0 Å². The Morgan fingerprint density at radius 3 is 1.06 bits per heavy atom. The normalized spacial score (nSPS) is 44.1. The summed E-state index contributed by atoms with van der Waals surface area (Å²) in [5.74, 6) is -11.6. The Balaban J connectivity index is 3.33. The van der Waals surface area contributed by atoms with Crippen LogP contribution >= 0.6 is 11.6 Å². The van der Waals surface area contributed by atoms with Crippen molar-refractivity contribution < 1.29 is 49.3 Å².